The van der Waals surface area contributed by atoms with Crippen molar-refractivity contribution in [2.75, 3.05) is 6.54 Å². The van der Waals surface area contributed by atoms with Crippen LogP contribution in [0, 0.1) is 0 Å². The zero-order valence-corrected chi connectivity index (χ0v) is 15.5. The van der Waals surface area contributed by atoms with Crippen LogP contribution in [0.25, 0.3) is 0 Å². The SMILES string of the molecule is CC1c2nc(CC(=O)NC3CCCC3)cn2CCN1C(=O)c1cnccn1. The number of aromatic nitrogens is 4. The molecule has 0 spiro atoms. The minimum Gasteiger partial charge on any atom is -0.353 e. The number of nitrogens with one attached hydrogen (secondary N) is 1. The van der Waals surface area contributed by atoms with E-state index in [1.54, 1.807) is 11.1 Å². The Hall–Kier alpha value is -2.77. The Bertz CT molecular complexity index is 828. The summed E-state index contributed by atoms with van der Waals surface area (Å²) in [6, 6.07) is 0.133. The number of hydrogen-bond donors (Lipinski definition) is 1. The van der Waals surface area contributed by atoms with E-state index in [9.17, 15) is 9.59 Å². The number of rotatable bonds is 4. The Morgan fingerprint density at radius 2 is 2.04 bits per heavy atom. The Kier molecular flexibility index (Phi) is 4.87. The summed E-state index contributed by atoms with van der Waals surface area (Å²) >= 11 is 0. The zero-order chi connectivity index (χ0) is 18.8. The van der Waals surface area contributed by atoms with Crippen molar-refractivity contribution < 1.29 is 9.59 Å². The lowest BCUT2D eigenvalue weighted by molar-refractivity contribution is -0.121. The van der Waals surface area contributed by atoms with Crippen LogP contribution in [0.15, 0.2) is 24.8 Å². The van der Waals surface area contributed by atoms with E-state index in [4.69, 9.17) is 0 Å². The first-order valence-electron chi connectivity index (χ1n) is 9.54. The Labute approximate surface area is 158 Å². The van der Waals surface area contributed by atoms with Crippen LogP contribution in [0.3, 0.4) is 0 Å². The molecule has 8 heteroatoms. The summed E-state index contributed by atoms with van der Waals surface area (Å²) in [6.07, 6.45) is 11.3. The normalized spacial score (nSPS) is 19.7. The average molecular weight is 368 g/mol. The molecule has 27 heavy (non-hydrogen) atoms. The van der Waals surface area contributed by atoms with Crippen molar-refractivity contribution in [2.24, 2.45) is 0 Å². The fourth-order valence-corrected chi connectivity index (χ4v) is 3.98. The molecule has 1 unspecified atom stereocenters. The maximum Gasteiger partial charge on any atom is 0.274 e. The van der Waals surface area contributed by atoms with E-state index in [2.05, 4.69) is 20.3 Å². The first-order valence-corrected chi connectivity index (χ1v) is 9.54. The van der Waals surface area contributed by atoms with Crippen LogP contribution in [0.5, 0.6) is 0 Å². The second-order valence-corrected chi connectivity index (χ2v) is 7.27. The molecular formula is C19H24N6O2. The summed E-state index contributed by atoms with van der Waals surface area (Å²) < 4.78 is 2.04. The van der Waals surface area contributed by atoms with Gasteiger partial charge in [-0.3, -0.25) is 14.6 Å². The molecule has 3 heterocycles. The van der Waals surface area contributed by atoms with E-state index < -0.39 is 0 Å². The molecule has 0 radical (unpaired) electrons. The van der Waals surface area contributed by atoms with Crippen molar-refractivity contribution in [1.82, 2.24) is 29.7 Å². The number of amides is 2. The minimum atomic E-state index is -0.181. The van der Waals surface area contributed by atoms with Gasteiger partial charge in [-0.2, -0.15) is 0 Å². The molecule has 2 aromatic heterocycles. The monoisotopic (exact) mass is 368 g/mol. The zero-order valence-electron chi connectivity index (χ0n) is 15.5. The van der Waals surface area contributed by atoms with Gasteiger partial charge in [-0.15, -0.1) is 0 Å². The van der Waals surface area contributed by atoms with Crippen molar-refractivity contribution in [3.63, 3.8) is 0 Å². The third-order valence-electron chi connectivity index (χ3n) is 5.39. The van der Waals surface area contributed by atoms with Gasteiger partial charge < -0.3 is 14.8 Å². The topological polar surface area (TPSA) is 93.0 Å². The van der Waals surface area contributed by atoms with Crippen LogP contribution >= 0.6 is 0 Å². The molecule has 1 N–H and O–H groups in total. The second kappa shape index (κ2) is 7.46. The molecule has 0 bridgehead atoms. The highest BCUT2D eigenvalue weighted by molar-refractivity contribution is 5.92. The van der Waals surface area contributed by atoms with Gasteiger partial charge in [0, 0.05) is 37.7 Å². The number of nitrogens with zero attached hydrogens (tertiary/aromatic N) is 5. The van der Waals surface area contributed by atoms with E-state index in [0.717, 1.165) is 24.4 Å². The molecule has 0 saturated heterocycles. The second-order valence-electron chi connectivity index (χ2n) is 7.27. The smallest absolute Gasteiger partial charge is 0.274 e. The van der Waals surface area contributed by atoms with Gasteiger partial charge >= 0.3 is 0 Å². The molecule has 1 atom stereocenters. The van der Waals surface area contributed by atoms with Crippen molar-refractivity contribution >= 4 is 11.8 Å². The molecule has 0 aromatic carbocycles. The lowest BCUT2D eigenvalue weighted by Crippen LogP contribution is -2.41. The van der Waals surface area contributed by atoms with Gasteiger partial charge in [0.1, 0.15) is 11.5 Å². The van der Waals surface area contributed by atoms with E-state index in [0.29, 0.717) is 24.8 Å². The van der Waals surface area contributed by atoms with Gasteiger partial charge in [0.05, 0.1) is 24.4 Å². The summed E-state index contributed by atoms with van der Waals surface area (Å²) in [6.45, 7) is 3.19. The molecule has 1 aliphatic heterocycles. The van der Waals surface area contributed by atoms with Gasteiger partial charge in [-0.1, -0.05) is 12.8 Å². The van der Waals surface area contributed by atoms with Crippen LogP contribution < -0.4 is 5.32 Å². The van der Waals surface area contributed by atoms with Gasteiger partial charge in [0.2, 0.25) is 5.91 Å². The summed E-state index contributed by atoms with van der Waals surface area (Å²) in [5.41, 5.74) is 1.08. The third kappa shape index (κ3) is 3.70. The van der Waals surface area contributed by atoms with Crippen LogP contribution in [0.1, 0.15) is 60.7 Å². The molecule has 1 aliphatic carbocycles. The fraction of sp³-hybridized carbons (Fsp3) is 0.526. The molecule has 1 saturated carbocycles. The highest BCUT2D eigenvalue weighted by atomic mass is 16.2. The summed E-state index contributed by atoms with van der Waals surface area (Å²) in [5, 5.41) is 3.10. The molecular weight excluding hydrogens is 344 g/mol. The molecule has 2 amide bonds. The van der Waals surface area contributed by atoms with Crippen LogP contribution in [0.4, 0.5) is 0 Å². The average Bonchev–Trinajstić information content (AvgIpc) is 3.32. The first-order chi connectivity index (χ1) is 13.1. The number of carbonyl (C=O) groups is 2. The van der Waals surface area contributed by atoms with Gasteiger partial charge in [0.25, 0.3) is 5.91 Å². The molecule has 2 aromatic rings. The molecule has 2 aliphatic rings. The van der Waals surface area contributed by atoms with E-state index in [-0.39, 0.29) is 24.3 Å². The van der Waals surface area contributed by atoms with Crippen molar-refractivity contribution in [3.05, 3.63) is 42.0 Å². The van der Waals surface area contributed by atoms with E-state index in [1.165, 1.54) is 25.2 Å². The highest BCUT2D eigenvalue weighted by Crippen LogP contribution is 2.26. The van der Waals surface area contributed by atoms with Crippen molar-refractivity contribution in [2.45, 2.75) is 57.7 Å². The molecule has 142 valence electrons. The van der Waals surface area contributed by atoms with Crippen molar-refractivity contribution in [1.29, 1.82) is 0 Å². The molecule has 1 fully saturated rings. The lowest BCUT2D eigenvalue weighted by Gasteiger charge is -2.33. The largest absolute Gasteiger partial charge is 0.353 e. The first kappa shape index (κ1) is 17.6. The fourth-order valence-electron chi connectivity index (χ4n) is 3.98. The summed E-state index contributed by atoms with van der Waals surface area (Å²) in [4.78, 5) is 39.5. The minimum absolute atomic E-state index is 0.0255. The van der Waals surface area contributed by atoms with Gasteiger partial charge in [-0.25, -0.2) is 9.97 Å². The van der Waals surface area contributed by atoms with Crippen LogP contribution in [0.2, 0.25) is 0 Å². The predicted molar refractivity (Wildman–Crippen MR) is 97.8 cm³/mol. The number of hydrogen-bond acceptors (Lipinski definition) is 5. The maximum atomic E-state index is 12.7. The molecule has 8 nitrogen and oxygen atoms in total. The quantitative estimate of drug-likeness (QED) is 0.883. The van der Waals surface area contributed by atoms with E-state index in [1.807, 2.05) is 17.7 Å². The summed E-state index contributed by atoms with van der Waals surface area (Å²) in [5.74, 6) is 0.685. The third-order valence-corrected chi connectivity index (χ3v) is 5.39. The Balaban J connectivity index is 1.44. The maximum absolute atomic E-state index is 12.7. The lowest BCUT2D eigenvalue weighted by atomic mass is 10.2. The van der Waals surface area contributed by atoms with Gasteiger partial charge in [0.15, 0.2) is 0 Å². The number of fused-ring (bicyclic) bond motifs is 1. The van der Waals surface area contributed by atoms with E-state index >= 15 is 0 Å². The predicted octanol–water partition coefficient (Wildman–Crippen LogP) is 1.49. The van der Waals surface area contributed by atoms with Crippen LogP contribution in [-0.4, -0.2) is 48.8 Å². The molecule has 4 rings (SSSR count). The number of carbonyl (C=O) groups excluding carboxylic acids is 2. The van der Waals surface area contributed by atoms with Crippen molar-refractivity contribution in [3.8, 4) is 0 Å². The number of imidazole rings is 1. The van der Waals surface area contributed by atoms with Crippen LogP contribution in [-0.2, 0) is 17.8 Å². The Morgan fingerprint density at radius 3 is 2.78 bits per heavy atom. The summed E-state index contributed by atoms with van der Waals surface area (Å²) in [7, 11) is 0. The van der Waals surface area contributed by atoms with Gasteiger partial charge in [-0.05, 0) is 19.8 Å². The highest BCUT2D eigenvalue weighted by Gasteiger charge is 2.31. The Morgan fingerprint density at radius 1 is 1.22 bits per heavy atom. The standard InChI is InChI=1S/C19H24N6O2/c1-13-18-23-15(10-17(26)22-14-4-2-3-5-14)12-24(18)8-9-25(13)19(27)16-11-20-6-7-21-16/h6-7,11-14H,2-5,8-10H2,1H3,(H,22,26).